The molecule has 1 heterocycles. The molecule has 0 radical (unpaired) electrons. The van der Waals surface area contributed by atoms with Crippen molar-refractivity contribution in [1.29, 1.82) is 0 Å². The van der Waals surface area contributed by atoms with Crippen LogP contribution in [-0.2, 0) is 9.59 Å². The van der Waals surface area contributed by atoms with Crippen molar-refractivity contribution in [2.24, 2.45) is 0 Å². The minimum atomic E-state index is -0.874. The van der Waals surface area contributed by atoms with Crippen molar-refractivity contribution in [3.05, 3.63) is 52.5 Å². The Morgan fingerprint density at radius 2 is 1.85 bits per heavy atom. The van der Waals surface area contributed by atoms with Crippen LogP contribution in [0.1, 0.15) is 0 Å². The number of fused-ring (bicyclic) bond motifs is 1. The van der Waals surface area contributed by atoms with Crippen LogP contribution in [0.3, 0.4) is 0 Å². The van der Waals surface area contributed by atoms with Crippen molar-refractivity contribution in [3.63, 3.8) is 0 Å². The van der Waals surface area contributed by atoms with E-state index in [4.69, 9.17) is 37.4 Å². The number of hydrogen-bond donors (Lipinski definition) is 2. The van der Waals surface area contributed by atoms with Gasteiger partial charge in [0.25, 0.3) is 11.8 Å². The van der Waals surface area contributed by atoms with Gasteiger partial charge >= 0.3 is 0 Å². The SMILES string of the molecule is O=C(COc1ccc(Cl)c(Cl)c1)NNC(=O)[C@@H]1COc2ccccc2O1. The molecule has 0 aromatic heterocycles. The van der Waals surface area contributed by atoms with Gasteiger partial charge in [-0.05, 0) is 24.3 Å². The van der Waals surface area contributed by atoms with Crippen LogP contribution in [0.5, 0.6) is 17.2 Å². The third-order valence-electron chi connectivity index (χ3n) is 3.39. The fraction of sp³-hybridized carbons (Fsp3) is 0.176. The van der Waals surface area contributed by atoms with Crippen LogP contribution in [0.2, 0.25) is 10.0 Å². The second kappa shape index (κ2) is 8.16. The van der Waals surface area contributed by atoms with E-state index in [9.17, 15) is 9.59 Å². The van der Waals surface area contributed by atoms with Crippen molar-refractivity contribution in [1.82, 2.24) is 10.9 Å². The maximum Gasteiger partial charge on any atom is 0.283 e. The first kappa shape index (κ1) is 18.2. The van der Waals surface area contributed by atoms with Crippen molar-refractivity contribution in [3.8, 4) is 17.2 Å². The molecule has 2 amide bonds. The van der Waals surface area contributed by atoms with Gasteiger partial charge in [-0.2, -0.15) is 0 Å². The monoisotopic (exact) mass is 396 g/mol. The largest absolute Gasteiger partial charge is 0.485 e. The number of carbonyl (C=O) groups excluding carboxylic acids is 2. The molecular weight excluding hydrogens is 383 g/mol. The molecule has 0 unspecified atom stereocenters. The summed E-state index contributed by atoms with van der Waals surface area (Å²) in [6.07, 6.45) is -0.874. The number of ether oxygens (including phenoxy) is 3. The van der Waals surface area contributed by atoms with E-state index in [2.05, 4.69) is 10.9 Å². The highest BCUT2D eigenvalue weighted by Crippen LogP contribution is 2.30. The summed E-state index contributed by atoms with van der Waals surface area (Å²) in [6.45, 7) is -0.276. The van der Waals surface area contributed by atoms with E-state index in [1.165, 1.54) is 6.07 Å². The van der Waals surface area contributed by atoms with Gasteiger partial charge in [-0.15, -0.1) is 0 Å². The standard InChI is InChI=1S/C17H14Cl2N2O5/c18-11-6-5-10(7-12(11)19)24-9-16(22)20-21-17(23)15-8-25-13-3-1-2-4-14(13)26-15/h1-7,15H,8-9H2,(H,20,22)(H,21,23)/t15-/m0/s1. The highest BCUT2D eigenvalue weighted by atomic mass is 35.5. The first-order chi connectivity index (χ1) is 12.5. The van der Waals surface area contributed by atoms with Crippen molar-refractivity contribution >= 4 is 35.0 Å². The lowest BCUT2D eigenvalue weighted by atomic mass is 10.2. The molecule has 0 spiro atoms. The maximum atomic E-state index is 12.1. The fourth-order valence-corrected chi connectivity index (χ4v) is 2.40. The number of hydrogen-bond acceptors (Lipinski definition) is 5. The van der Waals surface area contributed by atoms with Crippen LogP contribution in [0.4, 0.5) is 0 Å². The molecule has 0 fully saturated rings. The number of carbonyl (C=O) groups is 2. The number of benzene rings is 2. The molecule has 26 heavy (non-hydrogen) atoms. The molecule has 3 rings (SSSR count). The Kier molecular flexibility index (Phi) is 5.70. The highest BCUT2D eigenvalue weighted by molar-refractivity contribution is 6.42. The predicted octanol–water partition coefficient (Wildman–Crippen LogP) is 2.36. The molecule has 2 N–H and O–H groups in total. The first-order valence-electron chi connectivity index (χ1n) is 7.58. The van der Waals surface area contributed by atoms with Crippen LogP contribution in [-0.4, -0.2) is 31.1 Å². The summed E-state index contributed by atoms with van der Waals surface area (Å²) < 4.78 is 16.2. The average Bonchev–Trinajstić information content (AvgIpc) is 2.66. The zero-order valence-electron chi connectivity index (χ0n) is 13.3. The molecule has 1 aliphatic rings. The summed E-state index contributed by atoms with van der Waals surface area (Å²) in [5.41, 5.74) is 4.51. The first-order valence-corrected chi connectivity index (χ1v) is 8.33. The van der Waals surface area contributed by atoms with E-state index in [-0.39, 0.29) is 13.2 Å². The van der Waals surface area contributed by atoms with E-state index in [1.807, 2.05) is 0 Å². The maximum absolute atomic E-state index is 12.1. The van der Waals surface area contributed by atoms with E-state index in [1.54, 1.807) is 36.4 Å². The van der Waals surface area contributed by atoms with Crippen LogP contribution in [0.15, 0.2) is 42.5 Å². The lowest BCUT2D eigenvalue weighted by Gasteiger charge is -2.25. The topological polar surface area (TPSA) is 85.9 Å². The molecule has 1 aliphatic heterocycles. The summed E-state index contributed by atoms with van der Waals surface area (Å²) in [5, 5.41) is 0.694. The van der Waals surface area contributed by atoms with Gasteiger partial charge in [0.2, 0.25) is 6.10 Å². The molecule has 136 valence electrons. The third kappa shape index (κ3) is 4.50. The van der Waals surface area contributed by atoms with Crippen molar-refractivity contribution in [2.75, 3.05) is 13.2 Å². The molecular formula is C17H14Cl2N2O5. The number of para-hydroxylation sites is 2. The van der Waals surface area contributed by atoms with Gasteiger partial charge < -0.3 is 14.2 Å². The molecule has 9 heteroatoms. The second-order valence-corrected chi connectivity index (χ2v) is 6.08. The Labute approximate surface area is 159 Å². The van der Waals surface area contributed by atoms with Crippen LogP contribution in [0.25, 0.3) is 0 Å². The molecule has 0 aliphatic carbocycles. The molecule has 0 bridgehead atoms. The quantitative estimate of drug-likeness (QED) is 0.774. The number of amides is 2. The number of hydrazine groups is 1. The molecule has 0 saturated carbocycles. The van der Waals surface area contributed by atoms with Gasteiger partial charge in [0.05, 0.1) is 10.0 Å². The Bertz CT molecular complexity index is 831. The molecule has 1 atom stereocenters. The zero-order chi connectivity index (χ0) is 18.5. The van der Waals surface area contributed by atoms with Gasteiger partial charge in [0.1, 0.15) is 12.4 Å². The van der Waals surface area contributed by atoms with Crippen molar-refractivity contribution < 1.29 is 23.8 Å². The van der Waals surface area contributed by atoms with Gasteiger partial charge in [-0.1, -0.05) is 35.3 Å². The minimum Gasteiger partial charge on any atom is -0.485 e. The Morgan fingerprint density at radius 3 is 2.62 bits per heavy atom. The lowest BCUT2D eigenvalue weighted by Crippen LogP contribution is -2.51. The summed E-state index contributed by atoms with van der Waals surface area (Å²) in [5.74, 6) is 0.314. The zero-order valence-corrected chi connectivity index (χ0v) is 14.8. The summed E-state index contributed by atoms with van der Waals surface area (Å²) in [7, 11) is 0. The molecule has 0 saturated heterocycles. The van der Waals surface area contributed by atoms with Gasteiger partial charge in [-0.3, -0.25) is 20.4 Å². The second-order valence-electron chi connectivity index (χ2n) is 5.27. The average molecular weight is 397 g/mol. The van der Waals surface area contributed by atoms with Crippen LogP contribution in [0, 0.1) is 0 Å². The highest BCUT2D eigenvalue weighted by Gasteiger charge is 2.27. The van der Waals surface area contributed by atoms with E-state index in [0.717, 1.165) is 0 Å². The number of nitrogens with one attached hydrogen (secondary N) is 2. The number of halogens is 2. The van der Waals surface area contributed by atoms with E-state index < -0.39 is 17.9 Å². The third-order valence-corrected chi connectivity index (χ3v) is 4.13. The molecule has 7 nitrogen and oxygen atoms in total. The number of rotatable bonds is 4. The van der Waals surface area contributed by atoms with Crippen LogP contribution < -0.4 is 25.1 Å². The van der Waals surface area contributed by atoms with Crippen LogP contribution >= 0.6 is 23.2 Å². The molecule has 2 aromatic rings. The van der Waals surface area contributed by atoms with Gasteiger partial charge in [-0.25, -0.2) is 0 Å². The summed E-state index contributed by atoms with van der Waals surface area (Å²) >= 11 is 11.7. The van der Waals surface area contributed by atoms with Gasteiger partial charge in [0, 0.05) is 6.07 Å². The summed E-state index contributed by atoms with van der Waals surface area (Å²) in [6, 6.07) is 11.6. The fourth-order valence-electron chi connectivity index (χ4n) is 2.11. The van der Waals surface area contributed by atoms with Crippen molar-refractivity contribution in [2.45, 2.75) is 6.10 Å². The van der Waals surface area contributed by atoms with Gasteiger partial charge in [0.15, 0.2) is 18.1 Å². The van der Waals surface area contributed by atoms with E-state index >= 15 is 0 Å². The smallest absolute Gasteiger partial charge is 0.283 e. The Balaban J connectivity index is 1.44. The lowest BCUT2D eigenvalue weighted by molar-refractivity contribution is -0.135. The Hall–Kier alpha value is -2.64. The predicted molar refractivity (Wildman–Crippen MR) is 94.6 cm³/mol. The summed E-state index contributed by atoms with van der Waals surface area (Å²) in [4.78, 5) is 23.8. The van der Waals surface area contributed by atoms with E-state index in [0.29, 0.717) is 27.3 Å². The molecule has 2 aromatic carbocycles. The Morgan fingerprint density at radius 1 is 1.08 bits per heavy atom. The normalized spacial score (nSPS) is 15.1. The minimum absolute atomic E-state index is 0.0402.